The highest BCUT2D eigenvalue weighted by Crippen LogP contribution is 2.39. The van der Waals surface area contributed by atoms with Crippen molar-refractivity contribution in [2.45, 2.75) is 44.9 Å². The molecule has 2 rings (SSSR count). The quantitative estimate of drug-likeness (QED) is 0.670. The molecule has 1 nitrogen and oxygen atoms in total. The molecular formula is C12H17N. The van der Waals surface area contributed by atoms with Crippen LogP contribution in [0.2, 0.25) is 0 Å². The van der Waals surface area contributed by atoms with Crippen LogP contribution in [0.25, 0.3) is 0 Å². The first-order chi connectivity index (χ1) is 6.29. The van der Waals surface area contributed by atoms with Crippen LogP contribution in [0, 0.1) is 0 Å². The maximum absolute atomic E-state index is 4.23. The van der Waals surface area contributed by atoms with E-state index in [1.807, 2.05) is 6.20 Å². The molecule has 0 spiro atoms. The molecule has 0 amide bonds. The largest absolute Gasteiger partial charge is 0.264 e. The standard InChI is InChI=1S/C12H17N/c1-9(2)11-6-7-13-8-12(11)10-4-3-5-10/h6-10H,3-5H2,1-2H3. The summed E-state index contributed by atoms with van der Waals surface area (Å²) in [4.78, 5) is 4.23. The molecule has 1 aliphatic rings. The van der Waals surface area contributed by atoms with Crippen LogP contribution in [0.4, 0.5) is 0 Å². The topological polar surface area (TPSA) is 12.9 Å². The molecule has 1 heterocycles. The van der Waals surface area contributed by atoms with Gasteiger partial charge >= 0.3 is 0 Å². The van der Waals surface area contributed by atoms with Gasteiger partial charge in [0.2, 0.25) is 0 Å². The zero-order valence-electron chi connectivity index (χ0n) is 8.46. The molecule has 0 atom stereocenters. The Labute approximate surface area is 80.2 Å². The Bertz CT molecular complexity index is 287. The molecule has 13 heavy (non-hydrogen) atoms. The number of hydrogen-bond acceptors (Lipinski definition) is 1. The highest BCUT2D eigenvalue weighted by atomic mass is 14.6. The van der Waals surface area contributed by atoms with E-state index in [0.29, 0.717) is 5.92 Å². The van der Waals surface area contributed by atoms with Gasteiger partial charge in [-0.2, -0.15) is 0 Å². The highest BCUT2D eigenvalue weighted by Gasteiger charge is 2.22. The molecule has 0 saturated heterocycles. The second-order valence-electron chi connectivity index (χ2n) is 4.29. The van der Waals surface area contributed by atoms with Crippen molar-refractivity contribution in [2.24, 2.45) is 0 Å². The minimum atomic E-state index is 0.638. The summed E-state index contributed by atoms with van der Waals surface area (Å²) in [5, 5.41) is 0. The zero-order valence-corrected chi connectivity index (χ0v) is 8.46. The molecule has 1 saturated carbocycles. The van der Waals surface area contributed by atoms with Gasteiger partial charge in [0, 0.05) is 12.4 Å². The van der Waals surface area contributed by atoms with E-state index in [0.717, 1.165) is 5.92 Å². The highest BCUT2D eigenvalue weighted by molar-refractivity contribution is 5.30. The van der Waals surface area contributed by atoms with Crippen molar-refractivity contribution >= 4 is 0 Å². The fraction of sp³-hybridized carbons (Fsp3) is 0.583. The molecule has 0 aromatic carbocycles. The molecular weight excluding hydrogens is 158 g/mol. The predicted octanol–water partition coefficient (Wildman–Crippen LogP) is 3.47. The predicted molar refractivity (Wildman–Crippen MR) is 54.9 cm³/mol. The Balaban J connectivity index is 2.31. The van der Waals surface area contributed by atoms with E-state index in [1.54, 1.807) is 0 Å². The van der Waals surface area contributed by atoms with Gasteiger partial charge in [-0.15, -0.1) is 0 Å². The maximum Gasteiger partial charge on any atom is 0.0305 e. The lowest BCUT2D eigenvalue weighted by Gasteiger charge is -2.28. The van der Waals surface area contributed by atoms with E-state index in [2.05, 4.69) is 31.1 Å². The Kier molecular flexibility index (Phi) is 2.34. The molecule has 0 radical (unpaired) electrons. The molecule has 0 aliphatic heterocycles. The first-order valence-corrected chi connectivity index (χ1v) is 5.23. The number of rotatable bonds is 2. The van der Waals surface area contributed by atoms with Crippen molar-refractivity contribution in [3.8, 4) is 0 Å². The third kappa shape index (κ3) is 1.60. The van der Waals surface area contributed by atoms with E-state index in [4.69, 9.17) is 0 Å². The van der Waals surface area contributed by atoms with Crippen LogP contribution < -0.4 is 0 Å². The van der Waals surface area contributed by atoms with Crippen molar-refractivity contribution in [1.29, 1.82) is 0 Å². The molecule has 0 unspecified atom stereocenters. The summed E-state index contributed by atoms with van der Waals surface area (Å²) in [6, 6.07) is 2.18. The second kappa shape index (κ2) is 3.49. The first-order valence-electron chi connectivity index (χ1n) is 5.23. The molecule has 0 bridgehead atoms. The van der Waals surface area contributed by atoms with Crippen LogP contribution in [0.5, 0.6) is 0 Å². The van der Waals surface area contributed by atoms with Gasteiger partial charge in [-0.3, -0.25) is 4.98 Å². The molecule has 1 aromatic heterocycles. The molecule has 70 valence electrons. The van der Waals surface area contributed by atoms with Crippen LogP contribution in [0.15, 0.2) is 18.5 Å². The van der Waals surface area contributed by atoms with E-state index >= 15 is 0 Å². The minimum absolute atomic E-state index is 0.638. The van der Waals surface area contributed by atoms with E-state index < -0.39 is 0 Å². The summed E-state index contributed by atoms with van der Waals surface area (Å²) in [5.41, 5.74) is 3.00. The monoisotopic (exact) mass is 175 g/mol. The summed E-state index contributed by atoms with van der Waals surface area (Å²) in [5.74, 6) is 1.45. The minimum Gasteiger partial charge on any atom is -0.264 e. The van der Waals surface area contributed by atoms with Crippen molar-refractivity contribution in [1.82, 2.24) is 4.98 Å². The van der Waals surface area contributed by atoms with Crippen LogP contribution in [-0.2, 0) is 0 Å². The SMILES string of the molecule is CC(C)c1ccncc1C1CCC1. The zero-order chi connectivity index (χ0) is 9.26. The number of aromatic nitrogens is 1. The lowest BCUT2D eigenvalue weighted by molar-refractivity contribution is 0.415. The molecule has 0 N–H and O–H groups in total. The number of pyridine rings is 1. The van der Waals surface area contributed by atoms with Crippen LogP contribution in [-0.4, -0.2) is 4.98 Å². The normalized spacial score (nSPS) is 17.5. The van der Waals surface area contributed by atoms with E-state index in [9.17, 15) is 0 Å². The molecule has 1 heteroatoms. The smallest absolute Gasteiger partial charge is 0.0305 e. The van der Waals surface area contributed by atoms with Crippen molar-refractivity contribution in [2.75, 3.05) is 0 Å². The van der Waals surface area contributed by atoms with E-state index in [1.165, 1.54) is 30.4 Å². The third-order valence-electron chi connectivity index (χ3n) is 3.05. The van der Waals surface area contributed by atoms with Crippen LogP contribution in [0.3, 0.4) is 0 Å². The van der Waals surface area contributed by atoms with Crippen molar-refractivity contribution in [3.63, 3.8) is 0 Å². The number of hydrogen-bond donors (Lipinski definition) is 0. The first kappa shape index (κ1) is 8.74. The Morgan fingerprint density at radius 1 is 1.38 bits per heavy atom. The average Bonchev–Trinajstić information content (AvgIpc) is 2.02. The summed E-state index contributed by atoms with van der Waals surface area (Å²) in [7, 11) is 0. The fourth-order valence-corrected chi connectivity index (χ4v) is 2.00. The Morgan fingerprint density at radius 3 is 2.69 bits per heavy atom. The van der Waals surface area contributed by atoms with Gasteiger partial charge in [0.1, 0.15) is 0 Å². The van der Waals surface area contributed by atoms with Gasteiger partial charge in [-0.25, -0.2) is 0 Å². The molecule has 1 aliphatic carbocycles. The summed E-state index contributed by atoms with van der Waals surface area (Å²) in [6.45, 7) is 4.52. The van der Waals surface area contributed by atoms with Gasteiger partial charge in [0.15, 0.2) is 0 Å². The molecule has 1 aromatic rings. The average molecular weight is 175 g/mol. The molecule has 1 fully saturated rings. The summed E-state index contributed by atoms with van der Waals surface area (Å²) in [6.07, 6.45) is 8.12. The van der Waals surface area contributed by atoms with Crippen LogP contribution >= 0.6 is 0 Å². The van der Waals surface area contributed by atoms with Gasteiger partial charge in [-0.1, -0.05) is 20.3 Å². The summed E-state index contributed by atoms with van der Waals surface area (Å²) >= 11 is 0. The maximum atomic E-state index is 4.23. The lowest BCUT2D eigenvalue weighted by Crippen LogP contribution is -2.12. The van der Waals surface area contributed by atoms with E-state index in [-0.39, 0.29) is 0 Å². The summed E-state index contributed by atoms with van der Waals surface area (Å²) < 4.78 is 0. The van der Waals surface area contributed by atoms with Crippen molar-refractivity contribution < 1.29 is 0 Å². The Morgan fingerprint density at radius 2 is 2.15 bits per heavy atom. The van der Waals surface area contributed by atoms with Gasteiger partial charge in [0.25, 0.3) is 0 Å². The lowest BCUT2D eigenvalue weighted by atomic mass is 9.77. The second-order valence-corrected chi connectivity index (χ2v) is 4.29. The van der Waals surface area contributed by atoms with Gasteiger partial charge in [-0.05, 0) is 41.9 Å². The van der Waals surface area contributed by atoms with Gasteiger partial charge in [0.05, 0.1) is 0 Å². The van der Waals surface area contributed by atoms with Crippen LogP contribution in [0.1, 0.15) is 56.1 Å². The van der Waals surface area contributed by atoms with Crippen molar-refractivity contribution in [3.05, 3.63) is 29.6 Å². The van der Waals surface area contributed by atoms with Gasteiger partial charge < -0.3 is 0 Å². The Hall–Kier alpha value is -0.850. The number of nitrogens with zero attached hydrogens (tertiary/aromatic N) is 1. The fourth-order valence-electron chi connectivity index (χ4n) is 2.00. The third-order valence-corrected chi connectivity index (χ3v) is 3.05.